The van der Waals surface area contributed by atoms with Gasteiger partial charge < -0.3 is 15.0 Å². The number of hydrogen-bond acceptors (Lipinski definition) is 5. The summed E-state index contributed by atoms with van der Waals surface area (Å²) in [5.74, 6) is 0.0570. The Morgan fingerprint density at radius 1 is 1.33 bits per heavy atom. The molecule has 0 bridgehead atoms. The van der Waals surface area contributed by atoms with E-state index >= 15 is 0 Å². The van der Waals surface area contributed by atoms with Crippen LogP contribution in [0.5, 0.6) is 0 Å². The molecular weight excluding hydrogens is 285 g/mol. The van der Waals surface area contributed by atoms with Crippen molar-refractivity contribution in [1.29, 1.82) is 0 Å². The van der Waals surface area contributed by atoms with E-state index in [0.717, 1.165) is 15.9 Å². The van der Waals surface area contributed by atoms with Gasteiger partial charge in [0.1, 0.15) is 0 Å². The van der Waals surface area contributed by atoms with Crippen molar-refractivity contribution >= 4 is 30.3 Å². The van der Waals surface area contributed by atoms with Crippen LogP contribution in [0.1, 0.15) is 49.9 Å². The quantitative estimate of drug-likeness (QED) is 0.686. The summed E-state index contributed by atoms with van der Waals surface area (Å²) in [6, 6.07) is 1.92. The molecule has 1 aliphatic rings. The zero-order valence-corrected chi connectivity index (χ0v) is 14.0. The average molecular weight is 307 g/mol. The number of nitrogens with two attached hydrogens (primary N) is 1. The highest BCUT2D eigenvalue weighted by atomic mass is 32.1. The maximum atomic E-state index is 11.6. The molecule has 4 nitrogen and oxygen atoms in total. The summed E-state index contributed by atoms with van der Waals surface area (Å²) < 4.78 is 12.0. The highest BCUT2D eigenvalue weighted by Gasteiger charge is 2.52. The van der Waals surface area contributed by atoms with Crippen molar-refractivity contribution in [2.45, 2.75) is 45.8 Å². The van der Waals surface area contributed by atoms with Gasteiger partial charge in [0.15, 0.2) is 5.78 Å². The Labute approximate surface area is 130 Å². The smallest absolute Gasteiger partial charge is 0.400 e. The van der Waals surface area contributed by atoms with Gasteiger partial charge in [-0.3, -0.25) is 4.79 Å². The van der Waals surface area contributed by atoms with E-state index in [1.165, 1.54) is 11.3 Å². The first-order valence-electron chi connectivity index (χ1n) is 7.02. The van der Waals surface area contributed by atoms with Crippen LogP contribution < -0.4 is 5.73 Å². The number of hydrogen-bond donors (Lipinski definition) is 1. The van der Waals surface area contributed by atoms with Crippen LogP contribution in [0.4, 0.5) is 0 Å². The molecule has 6 heteroatoms. The lowest BCUT2D eigenvalue weighted by molar-refractivity contribution is 0.00578. The van der Waals surface area contributed by atoms with E-state index in [2.05, 4.69) is 0 Å². The summed E-state index contributed by atoms with van der Waals surface area (Å²) >= 11 is 1.44. The van der Waals surface area contributed by atoms with Crippen LogP contribution in [0.3, 0.4) is 0 Å². The van der Waals surface area contributed by atoms with Gasteiger partial charge in [0, 0.05) is 6.54 Å². The number of carbonyl (C=O) groups is 1. The number of thiophene rings is 1. The molecule has 2 rings (SSSR count). The van der Waals surface area contributed by atoms with Crippen LogP contribution in [-0.2, 0) is 9.31 Å². The Kier molecular flexibility index (Phi) is 4.45. The zero-order chi connectivity index (χ0) is 15.8. The Morgan fingerprint density at radius 2 is 1.90 bits per heavy atom. The van der Waals surface area contributed by atoms with Crippen LogP contribution >= 0.6 is 11.3 Å². The normalized spacial score (nSPS) is 20.9. The minimum atomic E-state index is -0.472. The van der Waals surface area contributed by atoms with Gasteiger partial charge in [-0.05, 0) is 57.1 Å². The largest absolute Gasteiger partial charge is 0.491 e. The van der Waals surface area contributed by atoms with Crippen molar-refractivity contribution in [3.8, 4) is 0 Å². The third-order valence-corrected chi connectivity index (χ3v) is 5.18. The molecule has 0 amide bonds. The molecule has 1 aromatic rings. The lowest BCUT2D eigenvalue weighted by atomic mass is 9.77. The molecule has 1 aliphatic heterocycles. The van der Waals surface area contributed by atoms with Gasteiger partial charge in [-0.1, -0.05) is 6.08 Å². The summed E-state index contributed by atoms with van der Waals surface area (Å²) in [4.78, 5) is 12.3. The van der Waals surface area contributed by atoms with Gasteiger partial charge in [0.25, 0.3) is 0 Å². The van der Waals surface area contributed by atoms with Crippen molar-refractivity contribution in [2.24, 2.45) is 5.73 Å². The van der Waals surface area contributed by atoms with Gasteiger partial charge >= 0.3 is 7.12 Å². The fourth-order valence-electron chi connectivity index (χ4n) is 2.14. The van der Waals surface area contributed by atoms with E-state index in [1.54, 1.807) is 6.92 Å². The van der Waals surface area contributed by atoms with Gasteiger partial charge in [0.2, 0.25) is 0 Å². The van der Waals surface area contributed by atoms with Crippen molar-refractivity contribution in [2.75, 3.05) is 6.54 Å². The minimum absolute atomic E-state index is 0.0570. The zero-order valence-electron chi connectivity index (χ0n) is 13.2. The number of Topliss-reactive ketones (excluding diaryl/α,β-unsaturated/α-hetero) is 1. The number of carbonyl (C=O) groups excluding carboxylic acids is 1. The van der Waals surface area contributed by atoms with Gasteiger partial charge in [-0.15, -0.1) is 11.3 Å². The van der Waals surface area contributed by atoms with E-state index in [0.29, 0.717) is 6.54 Å². The fourth-order valence-corrected chi connectivity index (χ4v) is 2.92. The molecule has 0 spiro atoms. The number of rotatable bonds is 4. The van der Waals surface area contributed by atoms with Gasteiger partial charge in [-0.25, -0.2) is 0 Å². The summed E-state index contributed by atoms with van der Waals surface area (Å²) in [6.45, 7) is 9.92. The van der Waals surface area contributed by atoms with E-state index in [1.807, 2.05) is 45.2 Å². The Morgan fingerprint density at radius 3 is 2.38 bits per heavy atom. The highest BCUT2D eigenvalue weighted by Crippen LogP contribution is 2.38. The monoisotopic (exact) mass is 307 g/mol. The lowest BCUT2D eigenvalue weighted by Gasteiger charge is -2.32. The average Bonchev–Trinajstić information content (AvgIpc) is 2.89. The summed E-state index contributed by atoms with van der Waals surface area (Å²) in [7, 11) is -0.472. The van der Waals surface area contributed by atoms with Crippen molar-refractivity contribution in [3.05, 3.63) is 27.4 Å². The van der Waals surface area contributed by atoms with Crippen LogP contribution in [0.25, 0.3) is 6.08 Å². The Hall–Kier alpha value is -0.945. The van der Waals surface area contributed by atoms with Gasteiger partial charge in [-0.2, -0.15) is 0 Å². The number of ketones is 1. The van der Waals surface area contributed by atoms with E-state index < -0.39 is 18.3 Å². The summed E-state index contributed by atoms with van der Waals surface area (Å²) in [6.07, 6.45) is 1.91. The molecule has 1 saturated heterocycles. The predicted octanol–water partition coefficient (Wildman–Crippen LogP) is 2.92. The molecule has 0 aliphatic carbocycles. The van der Waals surface area contributed by atoms with Crippen molar-refractivity contribution in [1.82, 2.24) is 0 Å². The van der Waals surface area contributed by atoms with Crippen LogP contribution in [0.2, 0.25) is 0 Å². The van der Waals surface area contributed by atoms with E-state index in [9.17, 15) is 4.79 Å². The summed E-state index contributed by atoms with van der Waals surface area (Å²) in [5, 5.41) is 1.90. The molecule has 0 atom stereocenters. The van der Waals surface area contributed by atoms with Crippen LogP contribution in [0, 0.1) is 0 Å². The first-order chi connectivity index (χ1) is 9.68. The van der Waals surface area contributed by atoms with E-state index in [-0.39, 0.29) is 5.78 Å². The molecule has 1 fully saturated rings. The minimum Gasteiger partial charge on any atom is -0.400 e. The highest BCUT2D eigenvalue weighted by molar-refractivity contribution is 7.12. The first-order valence-corrected chi connectivity index (χ1v) is 7.90. The fraction of sp³-hybridized carbons (Fsp3) is 0.533. The third-order valence-electron chi connectivity index (χ3n) is 4.15. The van der Waals surface area contributed by atoms with Crippen molar-refractivity contribution in [3.63, 3.8) is 0 Å². The molecule has 0 radical (unpaired) electrons. The molecular formula is C15H22BNO3S. The second-order valence-corrected chi connectivity index (χ2v) is 7.19. The topological polar surface area (TPSA) is 61.6 Å². The SMILES string of the molecule is CC(=O)c1sccc1C=C(CN)B1OC(C)(C)C(C)(C)O1. The maximum Gasteiger partial charge on any atom is 0.491 e. The van der Waals surface area contributed by atoms with Crippen LogP contribution in [-0.4, -0.2) is 30.6 Å². The molecule has 0 unspecified atom stereocenters. The standard InChI is InChI=1S/C15H22BNO3S/c1-10(18)13-11(6-7-21-13)8-12(9-17)16-19-14(2,3)15(4,5)20-16/h6-8H,9,17H2,1-5H3. The van der Waals surface area contributed by atoms with Gasteiger partial charge in [0.05, 0.1) is 16.1 Å². The predicted molar refractivity (Wildman–Crippen MR) is 87.4 cm³/mol. The summed E-state index contributed by atoms with van der Waals surface area (Å²) in [5.41, 5.74) is 6.78. The maximum absolute atomic E-state index is 11.6. The van der Waals surface area contributed by atoms with Crippen LogP contribution in [0.15, 0.2) is 16.9 Å². The molecule has 0 aromatic carbocycles. The second kappa shape index (κ2) is 5.68. The molecule has 2 heterocycles. The third kappa shape index (κ3) is 3.13. The Balaban J connectivity index is 2.31. The Bertz CT molecular complexity index is 561. The first kappa shape index (κ1) is 16.4. The molecule has 0 saturated carbocycles. The van der Waals surface area contributed by atoms with E-state index in [4.69, 9.17) is 15.0 Å². The molecule has 114 valence electrons. The van der Waals surface area contributed by atoms with Crippen molar-refractivity contribution < 1.29 is 14.1 Å². The molecule has 21 heavy (non-hydrogen) atoms. The lowest BCUT2D eigenvalue weighted by Crippen LogP contribution is -2.41. The second-order valence-electron chi connectivity index (χ2n) is 6.27. The molecule has 1 aromatic heterocycles. The molecule has 2 N–H and O–H groups in total.